The summed E-state index contributed by atoms with van der Waals surface area (Å²) in [4.78, 5) is 0. The highest BCUT2D eigenvalue weighted by Crippen LogP contribution is 2.35. The van der Waals surface area contributed by atoms with Gasteiger partial charge in [0.25, 0.3) is 0 Å². The van der Waals surface area contributed by atoms with Crippen molar-refractivity contribution in [1.82, 2.24) is 10.1 Å². The molecule has 0 aromatic heterocycles. The van der Waals surface area contributed by atoms with Crippen LogP contribution < -0.4 is 0 Å². The van der Waals surface area contributed by atoms with Gasteiger partial charge < -0.3 is 9.05 Å². The molecule has 5 heteroatoms. The molecule has 0 aromatic rings. The van der Waals surface area contributed by atoms with Gasteiger partial charge in [-0.2, -0.15) is 10.1 Å². The predicted molar refractivity (Wildman–Crippen MR) is 68.0 cm³/mol. The number of hydrogen-bond donors (Lipinski definition) is 0. The van der Waals surface area contributed by atoms with E-state index in [1.165, 1.54) is 6.42 Å². The lowest BCUT2D eigenvalue weighted by molar-refractivity contribution is -0.151. The highest BCUT2D eigenvalue weighted by atomic mass is 28.4. The molecule has 0 saturated carbocycles. The topological polar surface area (TPSA) is 24.9 Å². The van der Waals surface area contributed by atoms with Crippen molar-refractivity contribution in [2.24, 2.45) is 0 Å². The predicted octanol–water partition coefficient (Wildman–Crippen LogP) is 2.38. The summed E-state index contributed by atoms with van der Waals surface area (Å²) >= 11 is 0. The molecule has 1 rings (SSSR count). The molecule has 0 amide bonds. The second kappa shape index (κ2) is 6.71. The summed E-state index contributed by atoms with van der Waals surface area (Å²) in [5, 5.41) is 4.07. The highest BCUT2D eigenvalue weighted by Gasteiger charge is 2.48. The van der Waals surface area contributed by atoms with Crippen molar-refractivity contribution >= 4 is 8.56 Å². The molecule has 0 unspecified atom stereocenters. The Morgan fingerprint density at radius 2 is 1.19 bits per heavy atom. The molecule has 1 fully saturated rings. The molecule has 0 N–H and O–H groups in total. The Morgan fingerprint density at radius 3 is 1.38 bits per heavy atom. The minimum Gasteiger partial charge on any atom is -0.308 e. The van der Waals surface area contributed by atoms with Crippen LogP contribution in [0.25, 0.3) is 0 Å². The Balaban J connectivity index is 2.49. The molecule has 1 heterocycles. The van der Waals surface area contributed by atoms with Crippen molar-refractivity contribution in [3.63, 3.8) is 0 Å². The summed E-state index contributed by atoms with van der Waals surface area (Å²) < 4.78 is 12.2. The molecule has 0 spiro atoms. The van der Waals surface area contributed by atoms with Crippen molar-refractivity contribution in [3.8, 4) is 0 Å². The Labute approximate surface area is 101 Å². The maximum atomic E-state index is 6.11. The average Bonchev–Trinajstić information content (AvgIpc) is 2.28. The van der Waals surface area contributed by atoms with E-state index in [0.29, 0.717) is 0 Å². The normalized spacial score (nSPS) is 19.1. The van der Waals surface area contributed by atoms with Crippen LogP contribution in [0, 0.1) is 0 Å². The Hall–Kier alpha value is 0.0569. The lowest BCUT2D eigenvalue weighted by Crippen LogP contribution is -2.56. The molecule has 16 heavy (non-hydrogen) atoms. The van der Waals surface area contributed by atoms with E-state index in [9.17, 15) is 0 Å². The van der Waals surface area contributed by atoms with Crippen LogP contribution in [0.5, 0.6) is 0 Å². The van der Waals surface area contributed by atoms with E-state index in [2.05, 4.69) is 27.7 Å². The first-order valence-corrected chi connectivity index (χ1v) is 8.80. The van der Waals surface area contributed by atoms with Gasteiger partial charge >= 0.3 is 8.56 Å². The van der Waals surface area contributed by atoms with Gasteiger partial charge in [0.05, 0.1) is 0 Å². The summed E-state index contributed by atoms with van der Waals surface area (Å²) in [6.45, 7) is 12.3. The van der Waals surface area contributed by atoms with Crippen LogP contribution >= 0.6 is 0 Å². The third kappa shape index (κ3) is 3.53. The smallest absolute Gasteiger partial charge is 0.308 e. The van der Waals surface area contributed by atoms with Crippen molar-refractivity contribution < 1.29 is 9.05 Å². The zero-order valence-electron chi connectivity index (χ0n) is 11.2. The number of rotatable bonds is 8. The summed E-state index contributed by atoms with van der Waals surface area (Å²) in [5.41, 5.74) is 0. The van der Waals surface area contributed by atoms with Crippen LogP contribution in [-0.4, -0.2) is 44.9 Å². The molecule has 0 aliphatic carbocycles. The minimum atomic E-state index is -1.90. The fourth-order valence-corrected chi connectivity index (χ4v) is 4.63. The molecule has 0 aromatic carbocycles. The summed E-state index contributed by atoms with van der Waals surface area (Å²) in [7, 11) is -1.90. The van der Waals surface area contributed by atoms with Gasteiger partial charge in [0.2, 0.25) is 0 Å². The van der Waals surface area contributed by atoms with Gasteiger partial charge in [-0.1, -0.05) is 27.7 Å². The Bertz CT molecular complexity index is 176. The summed E-state index contributed by atoms with van der Waals surface area (Å²) in [6, 6.07) is 2.28. The number of hydrogen-bond acceptors (Lipinski definition) is 4. The molecule has 1 aliphatic rings. The van der Waals surface area contributed by atoms with Crippen LogP contribution in [-0.2, 0) is 9.05 Å². The fourth-order valence-electron chi connectivity index (χ4n) is 1.84. The van der Waals surface area contributed by atoms with Crippen molar-refractivity contribution in [1.29, 1.82) is 0 Å². The molecule has 1 aliphatic heterocycles. The average molecular weight is 246 g/mol. The van der Waals surface area contributed by atoms with Gasteiger partial charge in [-0.05, 0) is 18.5 Å². The second-order valence-electron chi connectivity index (χ2n) is 4.18. The van der Waals surface area contributed by atoms with Crippen LogP contribution in [0.1, 0.15) is 34.1 Å². The van der Waals surface area contributed by atoms with E-state index in [1.807, 2.05) is 10.1 Å². The van der Waals surface area contributed by atoms with Gasteiger partial charge in [0.1, 0.15) is 0 Å². The van der Waals surface area contributed by atoms with E-state index in [0.717, 1.165) is 38.3 Å². The van der Waals surface area contributed by atoms with Gasteiger partial charge in [0, 0.05) is 26.2 Å². The molecule has 96 valence electrons. The zero-order valence-corrected chi connectivity index (χ0v) is 12.2. The second-order valence-corrected chi connectivity index (χ2v) is 7.36. The minimum absolute atomic E-state index is 0.937. The van der Waals surface area contributed by atoms with E-state index in [-0.39, 0.29) is 0 Å². The molecular formula is C11H26N2O2Si. The molecule has 0 atom stereocenters. The summed E-state index contributed by atoms with van der Waals surface area (Å²) in [6.07, 6.45) is 1.26. The first-order chi connectivity index (χ1) is 7.69. The van der Waals surface area contributed by atoms with Gasteiger partial charge in [-0.3, -0.25) is 0 Å². The number of nitrogens with zero attached hydrogens (tertiary/aromatic N) is 2. The van der Waals surface area contributed by atoms with Crippen LogP contribution in [0.4, 0.5) is 0 Å². The standard InChI is InChI=1S/C11H26N2O2Si/c1-5-12(6-2)14-16(10-9-11-16)15-13(7-3)8-4/h5-11H2,1-4H3. The van der Waals surface area contributed by atoms with Crippen molar-refractivity contribution in [3.05, 3.63) is 0 Å². The van der Waals surface area contributed by atoms with E-state index in [1.54, 1.807) is 0 Å². The highest BCUT2D eigenvalue weighted by molar-refractivity contribution is 6.69. The van der Waals surface area contributed by atoms with Crippen molar-refractivity contribution in [2.45, 2.75) is 46.2 Å². The van der Waals surface area contributed by atoms with Crippen LogP contribution in [0.15, 0.2) is 0 Å². The first-order valence-electron chi connectivity index (χ1n) is 6.57. The van der Waals surface area contributed by atoms with Gasteiger partial charge in [-0.25, -0.2) is 0 Å². The molecule has 0 radical (unpaired) electrons. The SMILES string of the molecule is CCN(CC)O[Si]1(ON(CC)CC)CCC1. The van der Waals surface area contributed by atoms with E-state index in [4.69, 9.17) is 9.05 Å². The largest absolute Gasteiger partial charge is 0.377 e. The molecule has 4 nitrogen and oxygen atoms in total. The Kier molecular flexibility index (Phi) is 5.92. The molecule has 0 bridgehead atoms. The van der Waals surface area contributed by atoms with E-state index < -0.39 is 8.56 Å². The lowest BCUT2D eigenvalue weighted by Gasteiger charge is -2.42. The van der Waals surface area contributed by atoms with Crippen LogP contribution in [0.2, 0.25) is 12.1 Å². The van der Waals surface area contributed by atoms with Gasteiger partial charge in [-0.15, -0.1) is 0 Å². The monoisotopic (exact) mass is 246 g/mol. The maximum Gasteiger partial charge on any atom is 0.377 e. The zero-order chi connectivity index (χ0) is 12.0. The van der Waals surface area contributed by atoms with Gasteiger partial charge in [0.15, 0.2) is 0 Å². The molecule has 1 saturated heterocycles. The summed E-state index contributed by atoms with van der Waals surface area (Å²) in [5.74, 6) is 0. The van der Waals surface area contributed by atoms with Crippen molar-refractivity contribution in [2.75, 3.05) is 26.2 Å². The fraction of sp³-hybridized carbons (Fsp3) is 1.00. The quantitative estimate of drug-likeness (QED) is 0.485. The third-order valence-electron chi connectivity index (χ3n) is 3.12. The first kappa shape index (κ1) is 14.1. The third-order valence-corrected chi connectivity index (χ3v) is 6.53. The Morgan fingerprint density at radius 1 is 0.812 bits per heavy atom. The molecular weight excluding hydrogens is 220 g/mol. The van der Waals surface area contributed by atoms with Crippen LogP contribution in [0.3, 0.4) is 0 Å². The van der Waals surface area contributed by atoms with E-state index >= 15 is 0 Å². The number of hydroxylamine groups is 4. The lowest BCUT2D eigenvalue weighted by atomic mass is 10.5. The maximum absolute atomic E-state index is 6.11.